The predicted octanol–water partition coefficient (Wildman–Crippen LogP) is 3.72. The van der Waals surface area contributed by atoms with Crippen LogP contribution in [0.2, 0.25) is 0 Å². The average molecular weight is 527 g/mol. The van der Waals surface area contributed by atoms with Gasteiger partial charge < -0.3 is 10.6 Å². The van der Waals surface area contributed by atoms with Gasteiger partial charge in [0.25, 0.3) is 0 Å². The van der Waals surface area contributed by atoms with Crippen LogP contribution >= 0.6 is 24.0 Å². The van der Waals surface area contributed by atoms with Crippen molar-refractivity contribution in [1.82, 2.24) is 10.6 Å². The highest BCUT2D eigenvalue weighted by molar-refractivity contribution is 14.0. The van der Waals surface area contributed by atoms with Crippen LogP contribution in [0.5, 0.6) is 0 Å². The van der Waals surface area contributed by atoms with Crippen LogP contribution in [0.15, 0.2) is 52.4 Å². The molecule has 2 aromatic rings. The Morgan fingerprint density at radius 1 is 1.07 bits per heavy atom. The number of aryl methyl sites for hydroxylation is 2. The normalized spacial score (nSPS) is 15.4. The number of guanidine groups is 1. The fourth-order valence-corrected chi connectivity index (χ4v) is 4.72. The number of hydrogen-bond donors (Lipinski definition) is 2. The van der Waals surface area contributed by atoms with Gasteiger partial charge in [-0.2, -0.15) is 0 Å². The van der Waals surface area contributed by atoms with E-state index < -0.39 is 9.84 Å². The lowest BCUT2D eigenvalue weighted by Gasteiger charge is -2.21. The minimum atomic E-state index is -3.19. The first-order valence-corrected chi connectivity index (χ1v) is 11.4. The molecule has 1 aliphatic carbocycles. The molecular weight excluding hydrogens is 497 g/mol. The van der Waals surface area contributed by atoms with Gasteiger partial charge in [0.2, 0.25) is 0 Å². The number of benzene rings is 2. The Labute approximate surface area is 191 Å². The van der Waals surface area contributed by atoms with Gasteiger partial charge in [0.1, 0.15) is 0 Å². The molecule has 0 bridgehead atoms. The first kappa shape index (κ1) is 23.7. The Morgan fingerprint density at radius 2 is 1.76 bits per heavy atom. The maximum absolute atomic E-state index is 11.8. The van der Waals surface area contributed by atoms with Crippen molar-refractivity contribution in [3.8, 4) is 0 Å². The highest BCUT2D eigenvalue weighted by Crippen LogP contribution is 2.48. The summed E-state index contributed by atoms with van der Waals surface area (Å²) in [5, 5.41) is 6.79. The molecule has 0 amide bonds. The smallest absolute Gasteiger partial charge is 0.191 e. The third-order valence-electron chi connectivity index (χ3n) is 5.49. The van der Waals surface area contributed by atoms with Crippen molar-refractivity contribution in [1.29, 1.82) is 0 Å². The zero-order valence-corrected chi connectivity index (χ0v) is 20.6. The van der Waals surface area contributed by atoms with Crippen LogP contribution in [-0.4, -0.2) is 34.2 Å². The summed E-state index contributed by atoms with van der Waals surface area (Å²) < 4.78 is 23.5. The predicted molar refractivity (Wildman–Crippen MR) is 130 cm³/mol. The Balaban J connectivity index is 0.00000300. The fourth-order valence-electron chi connectivity index (χ4n) is 3.76. The van der Waals surface area contributed by atoms with Gasteiger partial charge in [0, 0.05) is 31.8 Å². The Hall–Kier alpha value is -1.61. The molecule has 0 saturated heterocycles. The van der Waals surface area contributed by atoms with Crippen LogP contribution in [0.1, 0.15) is 35.1 Å². The van der Waals surface area contributed by atoms with Crippen LogP contribution < -0.4 is 10.6 Å². The second-order valence-electron chi connectivity index (χ2n) is 7.75. The van der Waals surface area contributed by atoms with E-state index >= 15 is 0 Å². The molecule has 0 aromatic heterocycles. The van der Waals surface area contributed by atoms with Crippen LogP contribution in [0.4, 0.5) is 0 Å². The molecule has 5 nitrogen and oxygen atoms in total. The second-order valence-corrected chi connectivity index (χ2v) is 9.73. The van der Waals surface area contributed by atoms with Gasteiger partial charge in [0.05, 0.1) is 4.90 Å². The molecule has 7 heteroatoms. The van der Waals surface area contributed by atoms with E-state index in [1.165, 1.54) is 30.2 Å². The SMILES string of the molecule is CN=C(NCc1ccc(S(C)(=O)=O)c(C)c1)NCC1(c2ccccc2C)CC1.I. The fraction of sp³-hybridized carbons (Fsp3) is 0.409. The molecule has 158 valence electrons. The van der Waals surface area contributed by atoms with Crippen molar-refractivity contribution < 1.29 is 8.42 Å². The van der Waals surface area contributed by atoms with Gasteiger partial charge in [-0.1, -0.05) is 36.4 Å². The average Bonchev–Trinajstić information content (AvgIpc) is 3.42. The number of hydrogen-bond acceptors (Lipinski definition) is 3. The molecule has 0 atom stereocenters. The number of halogens is 1. The minimum absolute atomic E-state index is 0. The summed E-state index contributed by atoms with van der Waals surface area (Å²) >= 11 is 0. The third kappa shape index (κ3) is 5.72. The summed E-state index contributed by atoms with van der Waals surface area (Å²) in [4.78, 5) is 4.71. The number of sulfone groups is 1. The lowest BCUT2D eigenvalue weighted by Crippen LogP contribution is -2.41. The summed E-state index contributed by atoms with van der Waals surface area (Å²) in [5.74, 6) is 0.754. The number of nitrogens with zero attached hydrogens (tertiary/aromatic N) is 1. The number of aliphatic imine (C=N–C) groups is 1. The highest BCUT2D eigenvalue weighted by atomic mass is 127. The van der Waals surface area contributed by atoms with Crippen molar-refractivity contribution in [3.63, 3.8) is 0 Å². The molecule has 1 fully saturated rings. The van der Waals surface area contributed by atoms with Gasteiger partial charge in [-0.25, -0.2) is 8.42 Å². The summed E-state index contributed by atoms with van der Waals surface area (Å²) in [5.41, 5.74) is 4.75. The minimum Gasteiger partial charge on any atom is -0.356 e. The van der Waals surface area contributed by atoms with Crippen LogP contribution in [0.25, 0.3) is 0 Å². The molecule has 2 N–H and O–H groups in total. The zero-order valence-electron chi connectivity index (χ0n) is 17.5. The molecule has 0 unspecified atom stereocenters. The molecular formula is C22H30IN3O2S. The van der Waals surface area contributed by atoms with Crippen LogP contribution in [0.3, 0.4) is 0 Å². The van der Waals surface area contributed by atoms with Crippen molar-refractivity contribution in [2.75, 3.05) is 19.8 Å². The van der Waals surface area contributed by atoms with Gasteiger partial charge in [-0.05, 0) is 55.0 Å². The third-order valence-corrected chi connectivity index (χ3v) is 6.74. The van der Waals surface area contributed by atoms with E-state index in [1.54, 1.807) is 13.1 Å². The second kappa shape index (κ2) is 9.47. The van der Waals surface area contributed by atoms with Crippen molar-refractivity contribution in [3.05, 3.63) is 64.7 Å². The molecule has 29 heavy (non-hydrogen) atoms. The van der Waals surface area contributed by atoms with Crippen molar-refractivity contribution >= 4 is 39.8 Å². The van der Waals surface area contributed by atoms with E-state index in [0.29, 0.717) is 11.4 Å². The first-order valence-electron chi connectivity index (χ1n) is 9.55. The van der Waals surface area contributed by atoms with E-state index in [9.17, 15) is 8.42 Å². The topological polar surface area (TPSA) is 70.6 Å². The maximum Gasteiger partial charge on any atom is 0.191 e. The van der Waals surface area contributed by atoms with Crippen molar-refractivity contribution in [2.24, 2.45) is 4.99 Å². The molecule has 1 saturated carbocycles. The lowest BCUT2D eigenvalue weighted by molar-refractivity contribution is 0.601. The largest absolute Gasteiger partial charge is 0.356 e. The van der Waals surface area contributed by atoms with E-state index in [1.807, 2.05) is 19.1 Å². The summed E-state index contributed by atoms with van der Waals surface area (Å²) in [6.07, 6.45) is 3.61. The molecule has 0 aliphatic heterocycles. The van der Waals surface area contributed by atoms with Gasteiger partial charge >= 0.3 is 0 Å². The van der Waals surface area contributed by atoms with E-state index in [2.05, 4.69) is 46.8 Å². The van der Waals surface area contributed by atoms with Gasteiger partial charge in [-0.15, -0.1) is 24.0 Å². The molecule has 2 aromatic carbocycles. The molecule has 0 spiro atoms. The first-order chi connectivity index (χ1) is 13.2. The zero-order chi connectivity index (χ0) is 20.4. The summed E-state index contributed by atoms with van der Waals surface area (Å²) in [6.45, 7) is 5.43. The highest BCUT2D eigenvalue weighted by Gasteiger charge is 2.44. The van der Waals surface area contributed by atoms with E-state index in [4.69, 9.17) is 0 Å². The quantitative estimate of drug-likeness (QED) is 0.342. The summed E-state index contributed by atoms with van der Waals surface area (Å²) in [7, 11) is -1.43. The van der Waals surface area contributed by atoms with Gasteiger partial charge in [0.15, 0.2) is 15.8 Å². The molecule has 3 rings (SSSR count). The summed E-state index contributed by atoms with van der Waals surface area (Å²) in [6, 6.07) is 14.0. The monoisotopic (exact) mass is 527 g/mol. The Bertz CT molecular complexity index is 999. The van der Waals surface area contributed by atoms with Gasteiger partial charge in [-0.3, -0.25) is 4.99 Å². The Kier molecular flexibility index (Phi) is 7.73. The molecule has 0 radical (unpaired) electrons. The number of nitrogens with one attached hydrogen (secondary N) is 2. The maximum atomic E-state index is 11.8. The van der Waals surface area contributed by atoms with Crippen LogP contribution in [0, 0.1) is 13.8 Å². The van der Waals surface area contributed by atoms with Crippen molar-refractivity contribution in [2.45, 2.75) is 43.5 Å². The van der Waals surface area contributed by atoms with Crippen LogP contribution in [-0.2, 0) is 21.8 Å². The number of rotatable bonds is 6. The van der Waals surface area contributed by atoms with E-state index in [0.717, 1.165) is 23.6 Å². The lowest BCUT2D eigenvalue weighted by atomic mass is 9.92. The Morgan fingerprint density at radius 3 is 2.31 bits per heavy atom. The standard InChI is InChI=1S/C22H29N3O2S.HI/c1-16-7-5-6-8-19(16)22(11-12-22)15-25-21(23-3)24-14-18-9-10-20(17(2)13-18)28(4,26)27;/h5-10,13H,11-12,14-15H2,1-4H3,(H2,23,24,25);1H. The molecule has 1 aliphatic rings. The molecule has 0 heterocycles. The van der Waals surface area contributed by atoms with E-state index in [-0.39, 0.29) is 29.4 Å².